The van der Waals surface area contributed by atoms with E-state index >= 15 is 0 Å². The van der Waals surface area contributed by atoms with Crippen molar-refractivity contribution < 1.29 is 0 Å². The Morgan fingerprint density at radius 1 is 1.89 bits per heavy atom. The molecule has 1 nitrogen and oxygen atoms in total. The third-order valence-electron chi connectivity index (χ3n) is 0.802. The van der Waals surface area contributed by atoms with Crippen LogP contribution in [0.2, 0.25) is 4.47 Å². The summed E-state index contributed by atoms with van der Waals surface area (Å²) in [6.45, 7) is 0. The van der Waals surface area contributed by atoms with E-state index < -0.39 is 0 Å². The number of terminal acetylenes is 1. The first kappa shape index (κ1) is 6.60. The van der Waals surface area contributed by atoms with Crippen LogP contribution >= 0.6 is 22.9 Å². The molecule has 0 spiro atoms. The van der Waals surface area contributed by atoms with Crippen molar-refractivity contribution in [2.75, 3.05) is 0 Å². The Bertz CT molecular complexity index is 235. The maximum absolute atomic E-state index is 5.53. The summed E-state index contributed by atoms with van der Waals surface area (Å²) < 4.78 is 0.556. The average molecular weight is 158 g/mol. The van der Waals surface area contributed by atoms with Crippen LogP contribution in [0.5, 0.6) is 0 Å². The topological polar surface area (TPSA) is 12.9 Å². The largest absolute Gasteiger partial charge is 0.233 e. The van der Waals surface area contributed by atoms with Crippen LogP contribution in [0.25, 0.3) is 0 Å². The molecule has 9 heavy (non-hydrogen) atoms. The van der Waals surface area contributed by atoms with Crippen LogP contribution in [0.4, 0.5) is 0 Å². The van der Waals surface area contributed by atoms with E-state index in [1.807, 2.05) is 0 Å². The molecule has 0 amide bonds. The van der Waals surface area contributed by atoms with Crippen LogP contribution in [-0.2, 0) is 6.42 Å². The molecule has 1 rings (SSSR count). The highest BCUT2D eigenvalue weighted by molar-refractivity contribution is 7.15. The molecule has 0 N–H and O–H groups in total. The molecule has 0 fully saturated rings. The second-order valence-corrected chi connectivity index (χ2v) is 3.16. The number of aromatic nitrogens is 1. The normalized spacial score (nSPS) is 8.89. The Kier molecular flexibility index (Phi) is 2.10. The molecule has 0 saturated heterocycles. The summed E-state index contributed by atoms with van der Waals surface area (Å²) in [7, 11) is 0. The fraction of sp³-hybridized carbons (Fsp3) is 0.167. The first-order valence-electron chi connectivity index (χ1n) is 2.36. The van der Waals surface area contributed by atoms with Gasteiger partial charge in [-0.3, -0.25) is 0 Å². The minimum atomic E-state index is 0.556. The molecule has 0 unspecified atom stereocenters. The van der Waals surface area contributed by atoms with Crippen molar-refractivity contribution in [3.05, 3.63) is 15.5 Å². The quantitative estimate of drug-likeness (QED) is 0.568. The minimum absolute atomic E-state index is 0.556. The summed E-state index contributed by atoms with van der Waals surface area (Å²) in [5.41, 5.74) is 0. The highest BCUT2D eigenvalue weighted by Crippen LogP contribution is 2.17. The highest BCUT2D eigenvalue weighted by atomic mass is 35.5. The van der Waals surface area contributed by atoms with Crippen LogP contribution in [0.1, 0.15) is 4.88 Å². The van der Waals surface area contributed by atoms with Gasteiger partial charge in [0.1, 0.15) is 0 Å². The molecule has 1 aromatic rings. The molecule has 0 aromatic carbocycles. The molecule has 0 atom stereocenters. The Labute approximate surface area is 62.7 Å². The molecule has 0 radical (unpaired) electrons. The smallest absolute Gasteiger partial charge is 0.183 e. The summed E-state index contributed by atoms with van der Waals surface area (Å²) in [6.07, 6.45) is 7.39. The predicted octanol–water partition coefficient (Wildman–Crippen LogP) is 1.97. The highest BCUT2D eigenvalue weighted by Gasteiger charge is 1.94. The van der Waals surface area contributed by atoms with Gasteiger partial charge in [0.25, 0.3) is 0 Å². The van der Waals surface area contributed by atoms with Gasteiger partial charge < -0.3 is 0 Å². The number of thiazole rings is 1. The molecule has 46 valence electrons. The van der Waals surface area contributed by atoms with Gasteiger partial charge in [-0.25, -0.2) is 4.98 Å². The number of hydrogen-bond acceptors (Lipinski definition) is 2. The zero-order chi connectivity index (χ0) is 6.69. The Morgan fingerprint density at radius 2 is 2.67 bits per heavy atom. The van der Waals surface area contributed by atoms with Gasteiger partial charge in [0, 0.05) is 17.5 Å². The van der Waals surface area contributed by atoms with Crippen LogP contribution < -0.4 is 0 Å². The van der Waals surface area contributed by atoms with Gasteiger partial charge in [0.2, 0.25) is 0 Å². The minimum Gasteiger partial charge on any atom is -0.233 e. The molecule has 1 heterocycles. The number of nitrogens with zero attached hydrogens (tertiary/aromatic N) is 1. The van der Waals surface area contributed by atoms with Crippen molar-refractivity contribution >= 4 is 22.9 Å². The Morgan fingerprint density at radius 3 is 3.11 bits per heavy atom. The molecule has 0 saturated carbocycles. The van der Waals surface area contributed by atoms with Crippen molar-refractivity contribution in [1.29, 1.82) is 0 Å². The van der Waals surface area contributed by atoms with Crippen LogP contribution in [0.15, 0.2) is 6.20 Å². The van der Waals surface area contributed by atoms with E-state index in [1.54, 1.807) is 6.20 Å². The second-order valence-electron chi connectivity index (χ2n) is 1.46. The van der Waals surface area contributed by atoms with Crippen molar-refractivity contribution in [1.82, 2.24) is 4.98 Å². The van der Waals surface area contributed by atoms with Gasteiger partial charge in [-0.05, 0) is 0 Å². The van der Waals surface area contributed by atoms with Crippen LogP contribution in [-0.4, -0.2) is 4.98 Å². The van der Waals surface area contributed by atoms with E-state index in [-0.39, 0.29) is 0 Å². The third kappa shape index (κ3) is 1.70. The first-order chi connectivity index (χ1) is 4.33. The number of hydrogen-bond donors (Lipinski definition) is 0. The lowest BCUT2D eigenvalue weighted by Crippen LogP contribution is -1.68. The lowest BCUT2D eigenvalue weighted by molar-refractivity contribution is 1.33. The zero-order valence-corrected chi connectivity index (χ0v) is 6.17. The fourth-order valence-electron chi connectivity index (χ4n) is 0.466. The summed E-state index contributed by atoms with van der Waals surface area (Å²) in [4.78, 5) is 4.87. The van der Waals surface area contributed by atoms with E-state index in [0.29, 0.717) is 10.9 Å². The Hall–Kier alpha value is -0.520. The van der Waals surface area contributed by atoms with Gasteiger partial charge in [-0.2, -0.15) is 0 Å². The van der Waals surface area contributed by atoms with E-state index in [2.05, 4.69) is 10.9 Å². The first-order valence-corrected chi connectivity index (χ1v) is 3.56. The monoisotopic (exact) mass is 157 g/mol. The molecule has 3 heteroatoms. The second kappa shape index (κ2) is 2.86. The lowest BCUT2D eigenvalue weighted by atomic mass is 10.4. The SMILES string of the molecule is C#CCc1cnc(Cl)s1. The van der Waals surface area contributed by atoms with Crippen LogP contribution in [0.3, 0.4) is 0 Å². The summed E-state index contributed by atoms with van der Waals surface area (Å²) in [5, 5.41) is 0. The van der Waals surface area contributed by atoms with E-state index in [4.69, 9.17) is 18.0 Å². The van der Waals surface area contributed by atoms with Crippen LogP contribution in [0, 0.1) is 12.3 Å². The summed E-state index contributed by atoms with van der Waals surface area (Å²) in [6, 6.07) is 0. The molecule has 0 aliphatic carbocycles. The molecule has 0 bridgehead atoms. The number of rotatable bonds is 1. The summed E-state index contributed by atoms with van der Waals surface area (Å²) >= 11 is 6.96. The van der Waals surface area contributed by atoms with Gasteiger partial charge >= 0.3 is 0 Å². The molecular formula is C6H4ClNS. The number of halogens is 1. The fourth-order valence-corrected chi connectivity index (χ4v) is 1.39. The average Bonchev–Trinajstić information content (AvgIpc) is 2.17. The van der Waals surface area contributed by atoms with Gasteiger partial charge in [0.05, 0.1) is 0 Å². The van der Waals surface area contributed by atoms with E-state index in [9.17, 15) is 0 Å². The Balaban J connectivity index is 2.76. The van der Waals surface area contributed by atoms with Gasteiger partial charge in [0.15, 0.2) is 4.47 Å². The molecule has 1 aromatic heterocycles. The van der Waals surface area contributed by atoms with Crippen molar-refractivity contribution in [2.24, 2.45) is 0 Å². The lowest BCUT2D eigenvalue weighted by Gasteiger charge is -1.77. The van der Waals surface area contributed by atoms with E-state index in [1.165, 1.54) is 11.3 Å². The third-order valence-corrected chi connectivity index (χ3v) is 1.92. The van der Waals surface area contributed by atoms with Gasteiger partial charge in [-0.1, -0.05) is 11.6 Å². The molecule has 0 aliphatic heterocycles. The van der Waals surface area contributed by atoms with Crippen molar-refractivity contribution in [3.8, 4) is 12.3 Å². The maximum Gasteiger partial charge on any atom is 0.183 e. The summed E-state index contributed by atoms with van der Waals surface area (Å²) in [5.74, 6) is 2.51. The molecular weight excluding hydrogens is 154 g/mol. The van der Waals surface area contributed by atoms with Crippen molar-refractivity contribution in [2.45, 2.75) is 6.42 Å². The van der Waals surface area contributed by atoms with Gasteiger partial charge in [-0.15, -0.1) is 23.7 Å². The predicted molar refractivity (Wildman–Crippen MR) is 39.7 cm³/mol. The standard InChI is InChI=1S/C6H4ClNS/c1-2-3-5-4-8-6(7)9-5/h1,4H,3H2. The zero-order valence-electron chi connectivity index (χ0n) is 4.60. The maximum atomic E-state index is 5.53. The van der Waals surface area contributed by atoms with Crippen molar-refractivity contribution in [3.63, 3.8) is 0 Å². The molecule has 0 aliphatic rings. The van der Waals surface area contributed by atoms with E-state index in [0.717, 1.165) is 4.88 Å².